The topological polar surface area (TPSA) is 58.9 Å². The van der Waals surface area contributed by atoms with E-state index in [-0.39, 0.29) is 0 Å². The summed E-state index contributed by atoms with van der Waals surface area (Å²) in [7, 11) is 1.91. The molecule has 2 aromatic heterocycles. The Bertz CT molecular complexity index is 949. The minimum absolute atomic E-state index is 0.593. The minimum Gasteiger partial charge on any atom is -0.368 e. The van der Waals surface area contributed by atoms with E-state index in [1.165, 1.54) is 44.3 Å². The first-order valence-corrected chi connectivity index (χ1v) is 11.0. The van der Waals surface area contributed by atoms with Crippen LogP contribution in [0.25, 0.3) is 11.3 Å². The van der Waals surface area contributed by atoms with Crippen molar-refractivity contribution in [1.29, 1.82) is 0 Å². The number of benzene rings is 1. The van der Waals surface area contributed by atoms with E-state index in [2.05, 4.69) is 55.8 Å². The van der Waals surface area contributed by atoms with Crippen LogP contribution < -0.4 is 5.32 Å². The summed E-state index contributed by atoms with van der Waals surface area (Å²) >= 11 is 0. The fraction of sp³-hybridized carbons (Fsp3) is 0.458. The Morgan fingerprint density at radius 2 is 1.83 bits per heavy atom. The van der Waals surface area contributed by atoms with Crippen LogP contribution >= 0.6 is 0 Å². The highest BCUT2D eigenvalue weighted by Gasteiger charge is 2.45. The van der Waals surface area contributed by atoms with Crippen molar-refractivity contribution in [2.45, 2.75) is 32.2 Å². The molecule has 0 atom stereocenters. The molecular weight excluding hydrogens is 372 g/mol. The number of likely N-dealkylation sites (tertiary alicyclic amines) is 1. The van der Waals surface area contributed by atoms with Crippen LogP contribution in [0.15, 0.2) is 54.9 Å². The summed E-state index contributed by atoms with van der Waals surface area (Å²) in [4.78, 5) is 2.62. The highest BCUT2D eigenvalue weighted by atomic mass is 15.2. The van der Waals surface area contributed by atoms with Gasteiger partial charge in [-0.25, -0.2) is 0 Å². The van der Waals surface area contributed by atoms with Gasteiger partial charge in [-0.15, -0.1) is 10.2 Å². The molecule has 3 aromatic rings. The third-order valence-electron chi connectivity index (χ3n) is 6.85. The molecule has 1 aliphatic heterocycles. The van der Waals surface area contributed by atoms with Crippen molar-refractivity contribution in [3.63, 3.8) is 0 Å². The second kappa shape index (κ2) is 8.19. The molecule has 0 unspecified atom stereocenters. The van der Waals surface area contributed by atoms with Crippen LogP contribution in [0.1, 0.15) is 31.2 Å². The lowest BCUT2D eigenvalue weighted by molar-refractivity contribution is -0.0100. The molecule has 1 aromatic carbocycles. The molecular formula is C24H30N6. The summed E-state index contributed by atoms with van der Waals surface area (Å²) in [5.41, 5.74) is 3.88. The smallest absolute Gasteiger partial charge is 0.148 e. The Hall–Kier alpha value is -2.73. The SMILES string of the molecule is Cn1cc(-c2ccc(NCC3CC4(CCN(Cc5ccccc5)CC4)C3)nn2)cn1. The van der Waals surface area contributed by atoms with Crippen LogP contribution in [0.3, 0.4) is 0 Å². The van der Waals surface area contributed by atoms with Crippen LogP contribution in [-0.2, 0) is 13.6 Å². The first kappa shape index (κ1) is 19.2. The monoisotopic (exact) mass is 402 g/mol. The van der Waals surface area contributed by atoms with Crippen LogP contribution in [0.5, 0.6) is 0 Å². The van der Waals surface area contributed by atoms with E-state index in [0.29, 0.717) is 5.41 Å². The molecule has 6 nitrogen and oxygen atoms in total. The molecule has 1 N–H and O–H groups in total. The Labute approximate surface area is 178 Å². The first-order chi connectivity index (χ1) is 14.7. The van der Waals surface area contributed by atoms with Gasteiger partial charge in [0.15, 0.2) is 0 Å². The van der Waals surface area contributed by atoms with Gasteiger partial charge in [-0.05, 0) is 67.8 Å². The molecule has 1 saturated heterocycles. The zero-order valence-corrected chi connectivity index (χ0v) is 17.7. The quantitative estimate of drug-likeness (QED) is 0.676. The summed E-state index contributed by atoms with van der Waals surface area (Å²) in [5, 5.41) is 16.4. The lowest BCUT2D eigenvalue weighted by atomic mass is 9.57. The van der Waals surface area contributed by atoms with Crippen LogP contribution in [0.4, 0.5) is 5.82 Å². The predicted molar refractivity (Wildman–Crippen MR) is 119 cm³/mol. The van der Waals surface area contributed by atoms with Gasteiger partial charge in [0.2, 0.25) is 0 Å². The normalized spacial score (nSPS) is 19.0. The van der Waals surface area contributed by atoms with Crippen molar-refractivity contribution in [2.75, 3.05) is 25.0 Å². The van der Waals surface area contributed by atoms with E-state index >= 15 is 0 Å². The lowest BCUT2D eigenvalue weighted by Gasteiger charge is -2.52. The molecule has 30 heavy (non-hydrogen) atoms. The number of hydrogen-bond acceptors (Lipinski definition) is 5. The van der Waals surface area contributed by atoms with Gasteiger partial charge in [0.25, 0.3) is 0 Å². The molecule has 1 spiro atoms. The minimum atomic E-state index is 0.593. The van der Waals surface area contributed by atoms with Crippen molar-refractivity contribution in [3.8, 4) is 11.3 Å². The van der Waals surface area contributed by atoms with Gasteiger partial charge in [0.1, 0.15) is 5.82 Å². The van der Waals surface area contributed by atoms with E-state index in [0.717, 1.165) is 36.1 Å². The van der Waals surface area contributed by atoms with E-state index in [1.807, 2.05) is 31.6 Å². The maximum absolute atomic E-state index is 4.34. The molecule has 3 heterocycles. The van der Waals surface area contributed by atoms with Gasteiger partial charge < -0.3 is 5.32 Å². The van der Waals surface area contributed by atoms with Crippen molar-refractivity contribution >= 4 is 5.82 Å². The zero-order chi connectivity index (χ0) is 20.4. The lowest BCUT2D eigenvalue weighted by Crippen LogP contribution is -2.48. The molecule has 2 aliphatic rings. The summed E-state index contributed by atoms with van der Waals surface area (Å²) < 4.78 is 1.78. The summed E-state index contributed by atoms with van der Waals surface area (Å²) in [6, 6.07) is 14.9. The first-order valence-electron chi connectivity index (χ1n) is 11.0. The number of aryl methyl sites for hydroxylation is 1. The van der Waals surface area contributed by atoms with Gasteiger partial charge in [-0.1, -0.05) is 30.3 Å². The molecule has 0 bridgehead atoms. The fourth-order valence-electron chi connectivity index (χ4n) is 5.13. The number of nitrogens with one attached hydrogen (secondary N) is 1. The molecule has 1 saturated carbocycles. The van der Waals surface area contributed by atoms with Gasteiger partial charge in [0.05, 0.1) is 11.9 Å². The Kier molecular flexibility index (Phi) is 5.25. The largest absolute Gasteiger partial charge is 0.368 e. The average Bonchev–Trinajstić information content (AvgIpc) is 3.19. The van der Waals surface area contributed by atoms with E-state index in [4.69, 9.17) is 0 Å². The maximum atomic E-state index is 4.34. The van der Waals surface area contributed by atoms with Crippen molar-refractivity contribution in [1.82, 2.24) is 24.9 Å². The van der Waals surface area contributed by atoms with Gasteiger partial charge >= 0.3 is 0 Å². The van der Waals surface area contributed by atoms with Crippen molar-refractivity contribution in [2.24, 2.45) is 18.4 Å². The molecule has 1 aliphatic carbocycles. The maximum Gasteiger partial charge on any atom is 0.148 e. The standard InChI is InChI=1S/C24H30N6/c1-29-18-21(16-26-29)22-7-8-23(28-27-22)25-15-20-13-24(14-20)9-11-30(12-10-24)17-19-5-3-2-4-6-19/h2-8,16,18,20H,9-15,17H2,1H3,(H,25,28). The second-order valence-electron chi connectivity index (χ2n) is 9.12. The second-order valence-corrected chi connectivity index (χ2v) is 9.12. The fourth-order valence-corrected chi connectivity index (χ4v) is 5.13. The molecule has 5 rings (SSSR count). The third-order valence-corrected chi connectivity index (χ3v) is 6.85. The molecule has 0 radical (unpaired) electrons. The van der Waals surface area contributed by atoms with Crippen molar-refractivity contribution in [3.05, 3.63) is 60.4 Å². The van der Waals surface area contributed by atoms with Gasteiger partial charge in [-0.3, -0.25) is 9.58 Å². The number of anilines is 1. The van der Waals surface area contributed by atoms with E-state index < -0.39 is 0 Å². The molecule has 0 amide bonds. The molecule has 6 heteroatoms. The van der Waals surface area contributed by atoms with Gasteiger partial charge in [-0.2, -0.15) is 5.10 Å². The van der Waals surface area contributed by atoms with Crippen molar-refractivity contribution < 1.29 is 0 Å². The Balaban J connectivity index is 1.06. The number of aromatic nitrogens is 4. The number of rotatable bonds is 6. The van der Waals surface area contributed by atoms with E-state index in [9.17, 15) is 0 Å². The highest BCUT2D eigenvalue weighted by molar-refractivity contribution is 5.57. The number of nitrogens with zero attached hydrogens (tertiary/aromatic N) is 5. The Morgan fingerprint density at radius 1 is 1.03 bits per heavy atom. The van der Waals surface area contributed by atoms with Crippen LogP contribution in [0, 0.1) is 11.3 Å². The number of hydrogen-bond donors (Lipinski definition) is 1. The predicted octanol–water partition coefficient (Wildman–Crippen LogP) is 3.98. The van der Waals surface area contributed by atoms with Crippen LogP contribution in [-0.4, -0.2) is 44.5 Å². The van der Waals surface area contributed by atoms with Crippen LogP contribution in [0.2, 0.25) is 0 Å². The summed E-state index contributed by atoms with van der Waals surface area (Å²) in [6.07, 6.45) is 9.15. The highest BCUT2D eigenvalue weighted by Crippen LogP contribution is 2.52. The zero-order valence-electron chi connectivity index (χ0n) is 17.7. The van der Waals surface area contributed by atoms with Gasteiger partial charge in [0, 0.05) is 31.9 Å². The Morgan fingerprint density at radius 3 is 2.50 bits per heavy atom. The summed E-state index contributed by atoms with van der Waals surface area (Å²) in [6.45, 7) is 4.55. The third kappa shape index (κ3) is 4.24. The number of piperidine rings is 1. The summed E-state index contributed by atoms with van der Waals surface area (Å²) in [5.74, 6) is 1.62. The molecule has 156 valence electrons. The average molecular weight is 403 g/mol. The van der Waals surface area contributed by atoms with E-state index in [1.54, 1.807) is 4.68 Å². The molecule has 2 fully saturated rings.